The molecule has 1 fully saturated rings. The third-order valence-electron chi connectivity index (χ3n) is 1.78. The lowest BCUT2D eigenvalue weighted by atomic mass is 10.1. The summed E-state index contributed by atoms with van der Waals surface area (Å²) in [5, 5.41) is 8.44. The molecule has 1 N–H and O–H groups in total. The second-order valence-electron chi connectivity index (χ2n) is 2.78. The Bertz CT molecular complexity index is 140. The van der Waals surface area contributed by atoms with E-state index >= 15 is 0 Å². The van der Waals surface area contributed by atoms with E-state index in [9.17, 15) is 4.79 Å². The van der Waals surface area contributed by atoms with Crippen LogP contribution in [0.2, 0.25) is 0 Å². The lowest BCUT2D eigenvalue weighted by molar-refractivity contribution is -0.153. The van der Waals surface area contributed by atoms with Crippen LogP contribution >= 0.6 is 0 Å². The van der Waals surface area contributed by atoms with Gasteiger partial charge in [-0.25, -0.2) is 0 Å². The molecule has 0 amide bonds. The molecule has 70 valence electrons. The highest BCUT2D eigenvalue weighted by molar-refractivity contribution is 5.69. The van der Waals surface area contributed by atoms with Crippen molar-refractivity contribution in [2.24, 2.45) is 0 Å². The van der Waals surface area contributed by atoms with Crippen LogP contribution in [0.15, 0.2) is 0 Å². The molecule has 0 aromatic carbocycles. The minimum absolute atomic E-state index is 0.00204. The van der Waals surface area contributed by atoms with Crippen LogP contribution in [0.4, 0.5) is 0 Å². The molecule has 0 unspecified atom stereocenters. The van der Waals surface area contributed by atoms with E-state index in [0.29, 0.717) is 13.2 Å². The maximum absolute atomic E-state index is 10.9. The Labute approximate surface area is 71.5 Å². The van der Waals surface area contributed by atoms with E-state index in [1.165, 1.54) is 0 Å². The van der Waals surface area contributed by atoms with Gasteiger partial charge in [0.05, 0.1) is 26.2 Å². The van der Waals surface area contributed by atoms with Gasteiger partial charge in [-0.15, -0.1) is 0 Å². The minimum atomic E-state index is -0.315. The molecule has 0 aromatic rings. The number of ether oxygens (including phenoxy) is 2. The SMILES string of the molecule is O=C(CCO)OC1CCOCC1. The molecule has 0 bridgehead atoms. The summed E-state index contributed by atoms with van der Waals surface area (Å²) >= 11 is 0. The number of aliphatic hydroxyl groups is 1. The normalized spacial score (nSPS) is 19.1. The first-order valence-electron chi connectivity index (χ1n) is 4.21. The maximum atomic E-state index is 10.9. The second-order valence-corrected chi connectivity index (χ2v) is 2.78. The van der Waals surface area contributed by atoms with Gasteiger partial charge in [0.1, 0.15) is 6.10 Å². The van der Waals surface area contributed by atoms with Gasteiger partial charge >= 0.3 is 5.97 Å². The molecular formula is C8H14O4. The average molecular weight is 174 g/mol. The van der Waals surface area contributed by atoms with Crippen molar-refractivity contribution in [3.63, 3.8) is 0 Å². The molecule has 1 rings (SSSR count). The van der Waals surface area contributed by atoms with E-state index in [4.69, 9.17) is 14.6 Å². The maximum Gasteiger partial charge on any atom is 0.308 e. The summed E-state index contributed by atoms with van der Waals surface area (Å²) in [4.78, 5) is 10.9. The third-order valence-corrected chi connectivity index (χ3v) is 1.78. The number of hydrogen-bond donors (Lipinski definition) is 1. The van der Waals surface area contributed by atoms with Crippen LogP contribution in [-0.2, 0) is 14.3 Å². The number of rotatable bonds is 3. The Hall–Kier alpha value is -0.610. The molecular weight excluding hydrogens is 160 g/mol. The van der Waals surface area contributed by atoms with Crippen LogP contribution < -0.4 is 0 Å². The molecule has 0 saturated carbocycles. The molecule has 0 spiro atoms. The van der Waals surface area contributed by atoms with Crippen molar-refractivity contribution in [3.8, 4) is 0 Å². The van der Waals surface area contributed by atoms with Gasteiger partial charge in [0.25, 0.3) is 0 Å². The van der Waals surface area contributed by atoms with Crippen molar-refractivity contribution < 1.29 is 19.4 Å². The molecule has 1 heterocycles. The molecule has 4 heteroatoms. The Balaban J connectivity index is 2.15. The van der Waals surface area contributed by atoms with E-state index in [1.807, 2.05) is 0 Å². The Morgan fingerprint density at radius 2 is 2.17 bits per heavy atom. The van der Waals surface area contributed by atoms with Crippen LogP contribution in [0.1, 0.15) is 19.3 Å². The largest absolute Gasteiger partial charge is 0.462 e. The fourth-order valence-corrected chi connectivity index (χ4v) is 1.13. The average Bonchev–Trinajstić information content (AvgIpc) is 2.06. The fraction of sp³-hybridized carbons (Fsp3) is 0.875. The highest BCUT2D eigenvalue weighted by Gasteiger charge is 2.17. The number of aliphatic hydroxyl groups excluding tert-OH is 1. The summed E-state index contributed by atoms with van der Waals surface area (Å²) < 4.78 is 10.2. The first-order valence-corrected chi connectivity index (χ1v) is 4.21. The van der Waals surface area contributed by atoms with Gasteiger partial charge in [-0.05, 0) is 0 Å². The zero-order valence-corrected chi connectivity index (χ0v) is 6.99. The van der Waals surface area contributed by atoms with Gasteiger partial charge in [-0.3, -0.25) is 4.79 Å². The molecule has 4 nitrogen and oxygen atoms in total. The zero-order valence-electron chi connectivity index (χ0n) is 6.99. The van der Waals surface area contributed by atoms with Gasteiger partial charge < -0.3 is 14.6 Å². The van der Waals surface area contributed by atoms with Crippen LogP contribution in [-0.4, -0.2) is 37.0 Å². The predicted octanol–water partition coefficient (Wildman–Crippen LogP) is 0.0910. The van der Waals surface area contributed by atoms with E-state index < -0.39 is 0 Å². The topological polar surface area (TPSA) is 55.8 Å². The molecule has 0 radical (unpaired) electrons. The molecule has 1 aliphatic rings. The summed E-state index contributed by atoms with van der Waals surface area (Å²) in [6, 6.07) is 0. The molecule has 12 heavy (non-hydrogen) atoms. The van der Waals surface area contributed by atoms with Crippen LogP contribution in [0.3, 0.4) is 0 Å². The summed E-state index contributed by atoms with van der Waals surface area (Å²) in [6.07, 6.45) is 1.64. The lowest BCUT2D eigenvalue weighted by Crippen LogP contribution is -2.26. The number of carbonyl (C=O) groups is 1. The van der Waals surface area contributed by atoms with Crippen molar-refractivity contribution in [2.75, 3.05) is 19.8 Å². The van der Waals surface area contributed by atoms with Crippen LogP contribution in [0.25, 0.3) is 0 Å². The van der Waals surface area contributed by atoms with E-state index in [1.54, 1.807) is 0 Å². The smallest absolute Gasteiger partial charge is 0.308 e. The zero-order chi connectivity index (χ0) is 8.81. The highest BCUT2D eigenvalue weighted by atomic mass is 16.6. The van der Waals surface area contributed by atoms with Gasteiger partial charge in [0.15, 0.2) is 0 Å². The summed E-state index contributed by atoms with van der Waals surface area (Å²) in [7, 11) is 0. The number of carbonyl (C=O) groups excluding carboxylic acids is 1. The molecule has 0 aromatic heterocycles. The lowest BCUT2D eigenvalue weighted by Gasteiger charge is -2.21. The number of esters is 1. The van der Waals surface area contributed by atoms with Crippen molar-refractivity contribution >= 4 is 5.97 Å². The molecule has 1 aliphatic heterocycles. The second kappa shape index (κ2) is 5.11. The Morgan fingerprint density at radius 3 is 2.75 bits per heavy atom. The third kappa shape index (κ3) is 3.19. The summed E-state index contributed by atoms with van der Waals surface area (Å²) in [6.45, 7) is 1.19. The quantitative estimate of drug-likeness (QED) is 0.616. The molecule has 0 atom stereocenters. The van der Waals surface area contributed by atoms with E-state index in [0.717, 1.165) is 12.8 Å². The predicted molar refractivity (Wildman–Crippen MR) is 41.6 cm³/mol. The van der Waals surface area contributed by atoms with Gasteiger partial charge in [0.2, 0.25) is 0 Å². The summed E-state index contributed by atoms with van der Waals surface area (Å²) in [5.74, 6) is -0.315. The first kappa shape index (κ1) is 9.48. The number of hydrogen-bond acceptors (Lipinski definition) is 4. The Morgan fingerprint density at radius 1 is 1.50 bits per heavy atom. The molecule has 0 aliphatic carbocycles. The van der Waals surface area contributed by atoms with Crippen molar-refractivity contribution in [2.45, 2.75) is 25.4 Å². The van der Waals surface area contributed by atoms with Crippen molar-refractivity contribution in [3.05, 3.63) is 0 Å². The van der Waals surface area contributed by atoms with Crippen LogP contribution in [0.5, 0.6) is 0 Å². The van der Waals surface area contributed by atoms with E-state index in [2.05, 4.69) is 0 Å². The monoisotopic (exact) mass is 174 g/mol. The van der Waals surface area contributed by atoms with E-state index in [-0.39, 0.29) is 25.1 Å². The first-order chi connectivity index (χ1) is 5.83. The van der Waals surface area contributed by atoms with Gasteiger partial charge in [-0.2, -0.15) is 0 Å². The molecule has 1 saturated heterocycles. The van der Waals surface area contributed by atoms with Gasteiger partial charge in [0, 0.05) is 12.8 Å². The van der Waals surface area contributed by atoms with Gasteiger partial charge in [-0.1, -0.05) is 0 Å². The highest BCUT2D eigenvalue weighted by Crippen LogP contribution is 2.10. The van der Waals surface area contributed by atoms with Crippen LogP contribution in [0, 0.1) is 0 Å². The standard InChI is InChI=1S/C8H14O4/c9-4-1-8(10)12-7-2-5-11-6-3-7/h7,9H,1-6H2. The Kier molecular flexibility index (Phi) is 4.04. The fourth-order valence-electron chi connectivity index (χ4n) is 1.13. The van der Waals surface area contributed by atoms with Crippen molar-refractivity contribution in [1.29, 1.82) is 0 Å². The van der Waals surface area contributed by atoms with Crippen molar-refractivity contribution in [1.82, 2.24) is 0 Å². The minimum Gasteiger partial charge on any atom is -0.462 e. The summed E-state index contributed by atoms with van der Waals surface area (Å²) in [5.41, 5.74) is 0.